The highest BCUT2D eigenvalue weighted by molar-refractivity contribution is 5.81. The Morgan fingerprint density at radius 1 is 0.395 bits per heavy atom. The molecule has 0 bridgehead atoms. The normalized spacial score (nSPS) is 12.2. The molecule has 0 saturated heterocycles. The van der Waals surface area contributed by atoms with Gasteiger partial charge in [0.15, 0.2) is 46.5 Å². The minimum Gasteiger partial charge on any atom is -0.456 e. The van der Waals surface area contributed by atoms with Crippen molar-refractivity contribution in [2.75, 3.05) is 0 Å². The molecule has 0 radical (unpaired) electrons. The van der Waals surface area contributed by atoms with Crippen LogP contribution in [0.3, 0.4) is 0 Å². The third-order valence-corrected chi connectivity index (χ3v) is 4.72. The number of nitrogens with zero attached hydrogens (tertiary/aromatic N) is 2. The van der Waals surface area contributed by atoms with Crippen LogP contribution in [0.5, 0.6) is 0 Å². The number of furan rings is 2. The number of aliphatic imine (C=N–C) groups is 2. The van der Waals surface area contributed by atoms with Crippen LogP contribution in [0, 0.1) is 58.2 Å². The van der Waals surface area contributed by atoms with E-state index in [0.29, 0.717) is 0 Å². The van der Waals surface area contributed by atoms with Gasteiger partial charge in [-0.25, -0.2) is 53.9 Å². The molecule has 0 amide bonds. The summed E-state index contributed by atoms with van der Waals surface area (Å²) in [5.41, 5.74) is -2.82. The molecule has 0 aliphatic carbocycles. The first-order valence-electron chi connectivity index (χ1n) is 9.98. The van der Waals surface area contributed by atoms with E-state index in [1.165, 1.54) is 36.4 Å². The second kappa shape index (κ2) is 10.4. The van der Waals surface area contributed by atoms with Gasteiger partial charge in [0.1, 0.15) is 34.4 Å². The highest BCUT2D eigenvalue weighted by Gasteiger charge is 2.26. The lowest BCUT2D eigenvalue weighted by Gasteiger charge is -2.03. The van der Waals surface area contributed by atoms with Gasteiger partial charge in [-0.05, 0) is 36.4 Å². The Labute approximate surface area is 204 Å². The van der Waals surface area contributed by atoms with Crippen LogP contribution < -0.4 is 0 Å². The Morgan fingerprint density at radius 3 is 0.974 bits per heavy atom. The predicted molar refractivity (Wildman–Crippen MR) is 113 cm³/mol. The highest BCUT2D eigenvalue weighted by atomic mass is 19.2. The van der Waals surface area contributed by atoms with Crippen molar-refractivity contribution in [2.24, 2.45) is 9.98 Å². The summed E-state index contributed by atoms with van der Waals surface area (Å²) < 4.78 is 144. The van der Waals surface area contributed by atoms with Crippen LogP contribution in [-0.2, 0) is 0 Å². The van der Waals surface area contributed by atoms with E-state index < -0.39 is 69.5 Å². The lowest BCUT2D eigenvalue weighted by Crippen LogP contribution is -2.00. The van der Waals surface area contributed by atoms with Crippen molar-refractivity contribution >= 4 is 36.0 Å². The Hall–Kier alpha value is -4.62. The molecule has 38 heavy (non-hydrogen) atoms. The van der Waals surface area contributed by atoms with Crippen LogP contribution in [0.1, 0.15) is 23.0 Å². The molecule has 0 atom stereocenters. The van der Waals surface area contributed by atoms with Gasteiger partial charge in [-0.2, -0.15) is 0 Å². The fourth-order valence-corrected chi connectivity index (χ4v) is 2.89. The molecule has 4 rings (SSSR count). The molecule has 0 unspecified atom stereocenters. The van der Waals surface area contributed by atoms with Crippen molar-refractivity contribution in [3.63, 3.8) is 0 Å². The van der Waals surface area contributed by atoms with Crippen molar-refractivity contribution in [2.45, 2.75) is 0 Å². The van der Waals surface area contributed by atoms with Gasteiger partial charge in [0, 0.05) is 0 Å². The monoisotopic (exact) mass is 546 g/mol. The average molecular weight is 546 g/mol. The van der Waals surface area contributed by atoms with E-state index in [0.717, 1.165) is 12.4 Å². The lowest BCUT2D eigenvalue weighted by molar-refractivity contribution is 0.381. The van der Waals surface area contributed by atoms with Gasteiger partial charge in [-0.1, -0.05) is 0 Å². The minimum atomic E-state index is -2.32. The van der Waals surface area contributed by atoms with Crippen molar-refractivity contribution in [1.82, 2.24) is 0 Å². The molecule has 4 nitrogen and oxygen atoms in total. The van der Waals surface area contributed by atoms with Gasteiger partial charge in [-0.15, -0.1) is 0 Å². The summed E-state index contributed by atoms with van der Waals surface area (Å²) in [5.74, 6) is -21.8. The summed E-state index contributed by atoms with van der Waals surface area (Å²) in [6.45, 7) is 0. The molecule has 14 heteroatoms. The summed E-state index contributed by atoms with van der Waals surface area (Å²) >= 11 is 0. The fourth-order valence-electron chi connectivity index (χ4n) is 2.89. The first kappa shape index (κ1) is 26.4. The molecule has 4 aromatic rings. The summed E-state index contributed by atoms with van der Waals surface area (Å²) in [7, 11) is 0. The molecule has 2 heterocycles. The van der Waals surface area contributed by atoms with E-state index in [-0.39, 0.29) is 23.0 Å². The zero-order chi connectivity index (χ0) is 27.7. The first-order chi connectivity index (χ1) is 18.0. The van der Waals surface area contributed by atoms with E-state index in [9.17, 15) is 43.9 Å². The van der Waals surface area contributed by atoms with Crippen LogP contribution in [-0.4, -0.2) is 12.4 Å². The molecule has 0 aliphatic heterocycles. The van der Waals surface area contributed by atoms with E-state index >= 15 is 0 Å². The zero-order valence-corrected chi connectivity index (χ0v) is 18.1. The number of rotatable bonds is 6. The number of halogens is 10. The minimum absolute atomic E-state index is 0.122. The molecule has 0 spiro atoms. The summed E-state index contributed by atoms with van der Waals surface area (Å²) in [6, 6.07) is 5.23. The smallest absolute Gasteiger partial charge is 0.200 e. The Kier molecular flexibility index (Phi) is 7.23. The first-order valence-corrected chi connectivity index (χ1v) is 9.98. The average Bonchev–Trinajstić information content (AvgIpc) is 3.56. The maximum atomic E-state index is 13.7. The van der Waals surface area contributed by atoms with Gasteiger partial charge in [0.25, 0.3) is 0 Å². The SMILES string of the molecule is Fc1c(F)c(F)c(N=Cc2ccc(/C=C/c3ccc(C=Nc4c(F)c(F)c(F)c(F)c4F)o3)o2)c(F)c1F. The van der Waals surface area contributed by atoms with Crippen LogP contribution in [0.2, 0.25) is 0 Å². The third-order valence-electron chi connectivity index (χ3n) is 4.72. The Bertz CT molecular complexity index is 1460. The summed E-state index contributed by atoms with van der Waals surface area (Å²) in [4.78, 5) is 6.51. The van der Waals surface area contributed by atoms with E-state index in [1.54, 1.807) is 0 Å². The lowest BCUT2D eigenvalue weighted by atomic mass is 10.2. The van der Waals surface area contributed by atoms with E-state index in [4.69, 9.17) is 8.83 Å². The Morgan fingerprint density at radius 2 is 0.658 bits per heavy atom. The molecule has 196 valence electrons. The third kappa shape index (κ3) is 4.96. The number of hydrogen-bond acceptors (Lipinski definition) is 4. The molecular formula is C24H8F10N2O2. The molecule has 0 N–H and O–H groups in total. The molecule has 2 aromatic heterocycles. The summed E-state index contributed by atoms with van der Waals surface area (Å²) in [6.07, 6.45) is 4.08. The van der Waals surface area contributed by atoms with Crippen LogP contribution in [0.25, 0.3) is 12.2 Å². The predicted octanol–water partition coefficient (Wildman–Crippen LogP) is 7.94. The van der Waals surface area contributed by atoms with Gasteiger partial charge < -0.3 is 8.83 Å². The second-order valence-corrected chi connectivity index (χ2v) is 7.17. The summed E-state index contributed by atoms with van der Waals surface area (Å²) in [5, 5.41) is 0. The van der Waals surface area contributed by atoms with E-state index in [2.05, 4.69) is 9.98 Å². The van der Waals surface area contributed by atoms with Crippen LogP contribution in [0.15, 0.2) is 43.1 Å². The molecular weight excluding hydrogens is 538 g/mol. The maximum absolute atomic E-state index is 13.7. The van der Waals surface area contributed by atoms with Gasteiger partial charge in [0.2, 0.25) is 11.6 Å². The van der Waals surface area contributed by atoms with Gasteiger partial charge in [0.05, 0.1) is 12.4 Å². The van der Waals surface area contributed by atoms with Crippen molar-refractivity contribution in [3.8, 4) is 0 Å². The Balaban J connectivity index is 1.48. The van der Waals surface area contributed by atoms with Crippen molar-refractivity contribution in [3.05, 3.63) is 105 Å². The number of hydrogen-bond donors (Lipinski definition) is 0. The molecule has 2 aromatic carbocycles. The largest absolute Gasteiger partial charge is 0.456 e. The van der Waals surface area contributed by atoms with Crippen LogP contribution >= 0.6 is 0 Å². The fraction of sp³-hybridized carbons (Fsp3) is 0. The van der Waals surface area contributed by atoms with Crippen molar-refractivity contribution < 1.29 is 52.7 Å². The molecule has 0 aliphatic rings. The molecule has 0 fully saturated rings. The van der Waals surface area contributed by atoms with Gasteiger partial charge >= 0.3 is 0 Å². The van der Waals surface area contributed by atoms with E-state index in [1.807, 2.05) is 0 Å². The zero-order valence-electron chi connectivity index (χ0n) is 18.1. The quantitative estimate of drug-likeness (QED) is 0.107. The second-order valence-electron chi connectivity index (χ2n) is 7.17. The maximum Gasteiger partial charge on any atom is 0.200 e. The van der Waals surface area contributed by atoms with Crippen molar-refractivity contribution in [1.29, 1.82) is 0 Å². The van der Waals surface area contributed by atoms with Crippen LogP contribution in [0.4, 0.5) is 55.3 Å². The number of benzene rings is 2. The standard InChI is InChI=1S/C24H8F10N2O2/c25-13-15(27)19(31)23(20(32)16(13)28)35-7-11-5-3-9(37-11)1-2-10-4-6-12(38-10)8-36-24-21(33)17(29)14(26)18(30)22(24)34/h1-8H/b2-1+,35-7?,36-8?. The topological polar surface area (TPSA) is 51.0 Å². The highest BCUT2D eigenvalue weighted by Crippen LogP contribution is 2.30. The van der Waals surface area contributed by atoms with Gasteiger partial charge in [-0.3, -0.25) is 0 Å². The molecule has 0 saturated carbocycles.